The van der Waals surface area contributed by atoms with Crippen molar-refractivity contribution in [3.63, 3.8) is 0 Å². The van der Waals surface area contributed by atoms with Crippen molar-refractivity contribution in [3.05, 3.63) is 84.2 Å². The number of carbonyl (C=O) groups excluding carboxylic acids is 1. The number of hydrogen-bond donors (Lipinski definition) is 1. The normalized spacial score (nSPS) is 11.5. The minimum Gasteiger partial charge on any atom is -0.619 e. The molecule has 1 aromatic carbocycles. The summed E-state index contributed by atoms with van der Waals surface area (Å²) >= 11 is 0. The van der Waals surface area contributed by atoms with E-state index in [2.05, 4.69) is 10.3 Å². The van der Waals surface area contributed by atoms with Crippen LogP contribution in [-0.4, -0.2) is 28.1 Å². The Morgan fingerprint density at radius 1 is 1.13 bits per heavy atom. The first-order chi connectivity index (χ1) is 14.8. The van der Waals surface area contributed by atoms with E-state index in [9.17, 15) is 23.2 Å². The van der Waals surface area contributed by atoms with E-state index < -0.39 is 18.7 Å². The average Bonchev–Trinajstić information content (AvgIpc) is 3.17. The minimum absolute atomic E-state index is 0.0474. The van der Waals surface area contributed by atoms with Crippen molar-refractivity contribution in [2.24, 2.45) is 0 Å². The standard InChI is InChI=1S/C21H15F3N4O3/c22-21(23,24)13-31-18-8-2-1-6-15(18)16-7-4-9-27-12-17(26-19(16)27)20(29)25-14-5-3-10-28(30)11-14/h1-12H,13H2,(H,25,29). The van der Waals surface area contributed by atoms with Crippen molar-refractivity contribution in [2.75, 3.05) is 11.9 Å². The summed E-state index contributed by atoms with van der Waals surface area (Å²) in [5, 5.41) is 13.9. The van der Waals surface area contributed by atoms with Gasteiger partial charge in [0.15, 0.2) is 12.8 Å². The molecule has 0 saturated heterocycles. The molecule has 1 amide bonds. The molecule has 1 N–H and O–H groups in total. The maximum absolute atomic E-state index is 12.6. The van der Waals surface area contributed by atoms with E-state index in [-0.39, 0.29) is 11.4 Å². The van der Waals surface area contributed by atoms with E-state index in [0.717, 1.165) is 0 Å². The number of anilines is 1. The van der Waals surface area contributed by atoms with Gasteiger partial charge in [0, 0.05) is 29.6 Å². The van der Waals surface area contributed by atoms with Gasteiger partial charge in [-0.25, -0.2) is 4.98 Å². The van der Waals surface area contributed by atoms with E-state index in [1.807, 2.05) is 0 Å². The zero-order chi connectivity index (χ0) is 22.0. The number of rotatable bonds is 5. The fourth-order valence-electron chi connectivity index (χ4n) is 3.03. The molecule has 0 aliphatic heterocycles. The predicted molar refractivity (Wildman–Crippen MR) is 106 cm³/mol. The number of halogens is 3. The van der Waals surface area contributed by atoms with E-state index in [1.165, 1.54) is 30.7 Å². The zero-order valence-electron chi connectivity index (χ0n) is 15.8. The number of nitrogens with one attached hydrogen (secondary N) is 1. The number of benzene rings is 1. The molecule has 158 valence electrons. The summed E-state index contributed by atoms with van der Waals surface area (Å²) in [6, 6.07) is 12.7. The molecule has 0 atom stereocenters. The third kappa shape index (κ3) is 4.58. The lowest BCUT2D eigenvalue weighted by Gasteiger charge is -2.13. The van der Waals surface area contributed by atoms with Crippen molar-refractivity contribution < 1.29 is 27.4 Å². The zero-order valence-corrected chi connectivity index (χ0v) is 15.8. The highest BCUT2D eigenvalue weighted by Gasteiger charge is 2.29. The molecule has 31 heavy (non-hydrogen) atoms. The Morgan fingerprint density at radius 2 is 1.90 bits per heavy atom. The highest BCUT2D eigenvalue weighted by Crippen LogP contribution is 2.33. The van der Waals surface area contributed by atoms with E-state index in [0.29, 0.717) is 27.2 Å². The molecule has 7 nitrogen and oxygen atoms in total. The van der Waals surface area contributed by atoms with Crippen molar-refractivity contribution in [1.29, 1.82) is 0 Å². The maximum atomic E-state index is 12.6. The number of alkyl halides is 3. The topological polar surface area (TPSA) is 82.6 Å². The van der Waals surface area contributed by atoms with E-state index in [4.69, 9.17) is 4.74 Å². The van der Waals surface area contributed by atoms with Crippen LogP contribution in [0.5, 0.6) is 5.75 Å². The summed E-state index contributed by atoms with van der Waals surface area (Å²) < 4.78 is 45.0. The van der Waals surface area contributed by atoms with Crippen LogP contribution in [0.15, 0.2) is 73.3 Å². The van der Waals surface area contributed by atoms with Gasteiger partial charge in [-0.3, -0.25) is 4.79 Å². The third-order valence-electron chi connectivity index (χ3n) is 4.32. The monoisotopic (exact) mass is 428 g/mol. The highest BCUT2D eigenvalue weighted by atomic mass is 19.4. The molecule has 0 aliphatic carbocycles. The largest absolute Gasteiger partial charge is 0.619 e. The Bertz CT molecular complexity index is 1250. The average molecular weight is 428 g/mol. The van der Waals surface area contributed by atoms with Gasteiger partial charge in [-0.15, -0.1) is 0 Å². The number of fused-ring (bicyclic) bond motifs is 1. The summed E-state index contributed by atoms with van der Waals surface area (Å²) in [6.45, 7) is -1.42. The van der Waals surface area contributed by atoms with Crippen molar-refractivity contribution in [3.8, 4) is 16.9 Å². The van der Waals surface area contributed by atoms with Crippen LogP contribution in [0.25, 0.3) is 16.8 Å². The Hall–Kier alpha value is -4.08. The van der Waals surface area contributed by atoms with Crippen LogP contribution in [-0.2, 0) is 0 Å². The first-order valence-electron chi connectivity index (χ1n) is 9.07. The van der Waals surface area contributed by atoms with Crippen molar-refractivity contribution in [2.45, 2.75) is 6.18 Å². The van der Waals surface area contributed by atoms with Gasteiger partial charge < -0.3 is 19.7 Å². The lowest BCUT2D eigenvalue weighted by molar-refractivity contribution is -0.604. The fraction of sp³-hybridized carbons (Fsp3) is 0.0952. The predicted octanol–water partition coefficient (Wildman–Crippen LogP) is 3.83. The van der Waals surface area contributed by atoms with Gasteiger partial charge >= 0.3 is 6.18 Å². The van der Waals surface area contributed by atoms with Crippen LogP contribution in [0, 0.1) is 5.21 Å². The van der Waals surface area contributed by atoms with Gasteiger partial charge in [0.2, 0.25) is 6.20 Å². The van der Waals surface area contributed by atoms with Crippen LogP contribution >= 0.6 is 0 Å². The molecule has 3 heterocycles. The Balaban J connectivity index is 1.68. The third-order valence-corrected chi connectivity index (χ3v) is 4.32. The van der Waals surface area contributed by atoms with Crippen LogP contribution in [0.3, 0.4) is 0 Å². The van der Waals surface area contributed by atoms with E-state index >= 15 is 0 Å². The van der Waals surface area contributed by atoms with Crippen LogP contribution in [0.4, 0.5) is 18.9 Å². The number of aromatic nitrogens is 3. The summed E-state index contributed by atoms with van der Waals surface area (Å²) in [7, 11) is 0. The molecule has 0 bridgehead atoms. The first kappa shape index (κ1) is 20.2. The van der Waals surface area contributed by atoms with Gasteiger partial charge in [-0.05, 0) is 24.3 Å². The van der Waals surface area contributed by atoms with E-state index in [1.54, 1.807) is 47.0 Å². The summed E-state index contributed by atoms with van der Waals surface area (Å²) in [6.07, 6.45) is 1.16. The van der Waals surface area contributed by atoms with Gasteiger partial charge in [0.25, 0.3) is 5.91 Å². The summed E-state index contributed by atoms with van der Waals surface area (Å²) in [5.74, 6) is -0.492. The van der Waals surface area contributed by atoms with Crippen LogP contribution in [0.2, 0.25) is 0 Å². The summed E-state index contributed by atoms with van der Waals surface area (Å²) in [4.78, 5) is 16.9. The second kappa shape index (κ2) is 7.98. The molecule has 0 radical (unpaired) electrons. The molecule has 3 aromatic heterocycles. The second-order valence-corrected chi connectivity index (χ2v) is 6.59. The van der Waals surface area contributed by atoms with Gasteiger partial charge in [0.1, 0.15) is 22.8 Å². The number of para-hydroxylation sites is 1. The minimum atomic E-state index is -4.47. The first-order valence-corrected chi connectivity index (χ1v) is 9.07. The number of ether oxygens (including phenoxy) is 1. The molecule has 4 rings (SSSR count). The highest BCUT2D eigenvalue weighted by molar-refractivity contribution is 6.03. The number of amides is 1. The van der Waals surface area contributed by atoms with Crippen molar-refractivity contribution in [1.82, 2.24) is 9.38 Å². The van der Waals surface area contributed by atoms with Gasteiger partial charge in [0.05, 0.1) is 0 Å². The molecule has 0 aliphatic rings. The number of hydrogen-bond acceptors (Lipinski definition) is 4. The van der Waals surface area contributed by atoms with Gasteiger partial charge in [-0.2, -0.15) is 17.9 Å². The molecular weight excluding hydrogens is 413 g/mol. The molecule has 4 aromatic rings. The molecular formula is C21H15F3N4O3. The molecule has 0 saturated carbocycles. The number of nitrogens with zero attached hydrogens (tertiary/aromatic N) is 3. The summed E-state index contributed by atoms with van der Waals surface area (Å²) in [5.41, 5.74) is 1.64. The lowest BCUT2D eigenvalue weighted by Crippen LogP contribution is -2.25. The molecule has 0 unspecified atom stereocenters. The maximum Gasteiger partial charge on any atom is 0.422 e. The number of carbonyl (C=O) groups is 1. The van der Waals surface area contributed by atoms with Crippen LogP contribution < -0.4 is 14.8 Å². The number of imidazole rings is 1. The Morgan fingerprint density at radius 3 is 2.68 bits per heavy atom. The second-order valence-electron chi connectivity index (χ2n) is 6.59. The Labute approximate surface area is 173 Å². The van der Waals surface area contributed by atoms with Crippen molar-refractivity contribution >= 4 is 17.2 Å². The Kier molecular flexibility index (Phi) is 5.20. The van der Waals surface area contributed by atoms with Gasteiger partial charge in [-0.1, -0.05) is 18.2 Å². The SMILES string of the molecule is O=C(Nc1ccc[n+]([O-])c1)c1cn2cccc(-c3ccccc3OCC(F)(F)F)c2n1. The number of pyridine rings is 2. The molecule has 10 heteroatoms. The lowest BCUT2D eigenvalue weighted by atomic mass is 10.1. The fourth-order valence-corrected chi connectivity index (χ4v) is 3.03. The quantitative estimate of drug-likeness (QED) is 0.387. The smallest absolute Gasteiger partial charge is 0.422 e. The molecule has 0 spiro atoms. The van der Waals surface area contributed by atoms with Crippen LogP contribution in [0.1, 0.15) is 10.5 Å². The molecule has 0 fully saturated rings.